The van der Waals surface area contributed by atoms with Gasteiger partial charge in [-0.25, -0.2) is 0 Å². The standard InChI is InChI=1S/C11H23N3O2S/c12-10-6-5-7-11(10)13-17(15,16)14-8-3-1-2-4-9-14/h10-11,13H,1-9,12H2. The molecule has 6 heteroatoms. The molecular weight excluding hydrogens is 238 g/mol. The van der Waals surface area contributed by atoms with E-state index in [1.165, 1.54) is 0 Å². The first-order chi connectivity index (χ1) is 8.09. The molecule has 0 radical (unpaired) electrons. The zero-order chi connectivity index (χ0) is 12.3. The topological polar surface area (TPSA) is 75.4 Å². The van der Waals surface area contributed by atoms with Crippen LogP contribution < -0.4 is 10.5 Å². The maximum atomic E-state index is 12.2. The van der Waals surface area contributed by atoms with E-state index in [0.717, 1.165) is 44.9 Å². The lowest BCUT2D eigenvalue weighted by Gasteiger charge is -2.24. The maximum Gasteiger partial charge on any atom is 0.279 e. The van der Waals surface area contributed by atoms with E-state index in [9.17, 15) is 8.42 Å². The summed E-state index contributed by atoms with van der Waals surface area (Å²) in [6.07, 6.45) is 7.02. The Morgan fingerprint density at radius 3 is 2.18 bits per heavy atom. The van der Waals surface area contributed by atoms with Gasteiger partial charge in [-0.15, -0.1) is 0 Å². The van der Waals surface area contributed by atoms with Crippen molar-refractivity contribution >= 4 is 10.2 Å². The van der Waals surface area contributed by atoms with Crippen LogP contribution in [0.3, 0.4) is 0 Å². The van der Waals surface area contributed by atoms with Crippen molar-refractivity contribution in [2.75, 3.05) is 13.1 Å². The van der Waals surface area contributed by atoms with E-state index in [-0.39, 0.29) is 12.1 Å². The van der Waals surface area contributed by atoms with Crippen LogP contribution in [0.2, 0.25) is 0 Å². The molecule has 0 aromatic carbocycles. The van der Waals surface area contributed by atoms with Crippen LogP contribution >= 0.6 is 0 Å². The molecular formula is C11H23N3O2S. The molecule has 0 bridgehead atoms. The molecule has 100 valence electrons. The van der Waals surface area contributed by atoms with Crippen LogP contribution in [0.4, 0.5) is 0 Å². The highest BCUT2D eigenvalue weighted by molar-refractivity contribution is 7.87. The van der Waals surface area contributed by atoms with Crippen LogP contribution in [0.5, 0.6) is 0 Å². The van der Waals surface area contributed by atoms with Crippen molar-refractivity contribution in [2.24, 2.45) is 5.73 Å². The Bertz CT molecular complexity index is 337. The Morgan fingerprint density at radius 2 is 1.65 bits per heavy atom. The summed E-state index contributed by atoms with van der Waals surface area (Å²) in [5.41, 5.74) is 5.90. The molecule has 2 aliphatic rings. The minimum absolute atomic E-state index is 0.0169. The summed E-state index contributed by atoms with van der Waals surface area (Å²) in [6.45, 7) is 1.30. The molecule has 0 amide bonds. The quantitative estimate of drug-likeness (QED) is 0.780. The molecule has 2 atom stereocenters. The fraction of sp³-hybridized carbons (Fsp3) is 1.00. The first-order valence-electron chi connectivity index (χ1n) is 6.62. The van der Waals surface area contributed by atoms with E-state index in [1.807, 2.05) is 0 Å². The first kappa shape index (κ1) is 13.3. The highest BCUT2D eigenvalue weighted by Gasteiger charge is 2.31. The van der Waals surface area contributed by atoms with Crippen LogP contribution in [0, 0.1) is 0 Å². The smallest absolute Gasteiger partial charge is 0.279 e. The van der Waals surface area contributed by atoms with Gasteiger partial charge in [0.2, 0.25) is 0 Å². The summed E-state index contributed by atoms with van der Waals surface area (Å²) in [4.78, 5) is 0. The van der Waals surface area contributed by atoms with Crippen LogP contribution in [0.25, 0.3) is 0 Å². The van der Waals surface area contributed by atoms with Gasteiger partial charge in [-0.1, -0.05) is 19.3 Å². The van der Waals surface area contributed by atoms with Crippen LogP contribution in [-0.4, -0.2) is 37.9 Å². The second-order valence-corrected chi connectivity index (χ2v) is 6.84. The summed E-state index contributed by atoms with van der Waals surface area (Å²) < 4.78 is 28.8. The number of nitrogens with two attached hydrogens (primary N) is 1. The van der Waals surface area contributed by atoms with Gasteiger partial charge in [0.1, 0.15) is 0 Å². The van der Waals surface area contributed by atoms with Crippen molar-refractivity contribution in [1.29, 1.82) is 0 Å². The van der Waals surface area contributed by atoms with Gasteiger partial charge in [0.25, 0.3) is 10.2 Å². The van der Waals surface area contributed by atoms with Crippen LogP contribution in [0.15, 0.2) is 0 Å². The predicted molar refractivity (Wildman–Crippen MR) is 67.7 cm³/mol. The third-order valence-corrected chi connectivity index (χ3v) is 5.42. The first-order valence-corrected chi connectivity index (χ1v) is 8.06. The van der Waals surface area contributed by atoms with Crippen molar-refractivity contribution < 1.29 is 8.42 Å². The Balaban J connectivity index is 1.97. The largest absolute Gasteiger partial charge is 0.326 e. The molecule has 2 unspecified atom stereocenters. The molecule has 1 saturated heterocycles. The van der Waals surface area contributed by atoms with E-state index in [0.29, 0.717) is 13.1 Å². The van der Waals surface area contributed by atoms with Gasteiger partial charge in [0.05, 0.1) is 0 Å². The third kappa shape index (κ3) is 3.40. The van der Waals surface area contributed by atoms with Gasteiger partial charge in [-0.2, -0.15) is 17.4 Å². The Kier molecular flexibility index (Phi) is 4.41. The van der Waals surface area contributed by atoms with Gasteiger partial charge in [-0.3, -0.25) is 0 Å². The Morgan fingerprint density at radius 1 is 1.00 bits per heavy atom. The lowest BCUT2D eigenvalue weighted by Crippen LogP contribution is -2.50. The summed E-state index contributed by atoms with van der Waals surface area (Å²) in [7, 11) is -3.32. The number of hydrogen-bond donors (Lipinski definition) is 2. The molecule has 2 rings (SSSR count). The fourth-order valence-electron chi connectivity index (χ4n) is 2.68. The minimum atomic E-state index is -3.32. The van der Waals surface area contributed by atoms with Crippen molar-refractivity contribution in [3.05, 3.63) is 0 Å². The predicted octanol–water partition coefficient (Wildman–Crippen LogP) is 0.577. The lowest BCUT2D eigenvalue weighted by molar-refractivity contribution is 0.403. The molecule has 3 N–H and O–H groups in total. The summed E-state index contributed by atoms with van der Waals surface area (Å²) in [6, 6.07) is -0.0833. The SMILES string of the molecule is NC1CCCC1NS(=O)(=O)N1CCCCCC1. The molecule has 5 nitrogen and oxygen atoms in total. The maximum absolute atomic E-state index is 12.2. The van der Waals surface area contributed by atoms with Crippen molar-refractivity contribution in [3.63, 3.8) is 0 Å². The average molecular weight is 261 g/mol. The van der Waals surface area contributed by atoms with E-state index < -0.39 is 10.2 Å². The van der Waals surface area contributed by atoms with Crippen molar-refractivity contribution in [3.8, 4) is 0 Å². The number of nitrogens with one attached hydrogen (secondary N) is 1. The second-order valence-electron chi connectivity index (χ2n) is 5.14. The zero-order valence-corrected chi connectivity index (χ0v) is 11.1. The average Bonchev–Trinajstić information content (AvgIpc) is 2.58. The van der Waals surface area contributed by atoms with Crippen molar-refractivity contribution in [1.82, 2.24) is 9.03 Å². The van der Waals surface area contributed by atoms with E-state index in [4.69, 9.17) is 5.73 Å². The van der Waals surface area contributed by atoms with E-state index in [1.54, 1.807) is 4.31 Å². The highest BCUT2D eigenvalue weighted by Crippen LogP contribution is 2.19. The molecule has 17 heavy (non-hydrogen) atoms. The molecule has 1 heterocycles. The lowest BCUT2D eigenvalue weighted by atomic mass is 10.2. The Hall–Kier alpha value is -0.170. The van der Waals surface area contributed by atoms with Gasteiger partial charge in [-0.05, 0) is 25.7 Å². The molecule has 0 aromatic heterocycles. The molecule has 2 fully saturated rings. The number of hydrogen-bond acceptors (Lipinski definition) is 3. The van der Waals surface area contributed by atoms with Crippen molar-refractivity contribution in [2.45, 2.75) is 57.0 Å². The normalized spacial score (nSPS) is 32.5. The van der Waals surface area contributed by atoms with Crippen LogP contribution in [0.1, 0.15) is 44.9 Å². The molecule has 1 aliphatic heterocycles. The fourth-order valence-corrected chi connectivity index (χ4v) is 4.25. The summed E-state index contributed by atoms with van der Waals surface area (Å²) in [5, 5.41) is 0. The zero-order valence-electron chi connectivity index (χ0n) is 10.3. The second kappa shape index (κ2) is 5.65. The van der Waals surface area contributed by atoms with E-state index in [2.05, 4.69) is 4.72 Å². The third-order valence-electron chi connectivity index (χ3n) is 3.77. The van der Waals surface area contributed by atoms with Gasteiger partial charge in [0.15, 0.2) is 0 Å². The summed E-state index contributed by atoms with van der Waals surface area (Å²) >= 11 is 0. The number of nitrogens with zero attached hydrogens (tertiary/aromatic N) is 1. The molecule has 0 spiro atoms. The summed E-state index contributed by atoms with van der Waals surface area (Å²) in [5.74, 6) is 0. The monoisotopic (exact) mass is 261 g/mol. The van der Waals surface area contributed by atoms with Gasteiger partial charge in [0, 0.05) is 25.2 Å². The van der Waals surface area contributed by atoms with Crippen LogP contribution in [-0.2, 0) is 10.2 Å². The van der Waals surface area contributed by atoms with E-state index >= 15 is 0 Å². The highest BCUT2D eigenvalue weighted by atomic mass is 32.2. The minimum Gasteiger partial charge on any atom is -0.326 e. The molecule has 0 aromatic rings. The van der Waals surface area contributed by atoms with Gasteiger partial charge < -0.3 is 5.73 Å². The number of rotatable bonds is 3. The Labute approximate surface area is 104 Å². The molecule has 1 saturated carbocycles. The van der Waals surface area contributed by atoms with Gasteiger partial charge >= 0.3 is 0 Å². The molecule has 1 aliphatic carbocycles.